The molecule has 0 amide bonds. The van der Waals surface area contributed by atoms with Gasteiger partial charge in [-0.15, -0.1) is 34.0 Å². The number of carbonyl (C=O) groups excluding carboxylic acids is 2. The molecule has 9 rings (SSSR count). The highest BCUT2D eigenvalue weighted by Crippen LogP contribution is 2.39. The zero-order valence-electron chi connectivity index (χ0n) is 36.6. The van der Waals surface area contributed by atoms with Gasteiger partial charge in [0.2, 0.25) is 0 Å². The first-order valence-electron chi connectivity index (χ1n) is 21.5. The minimum absolute atomic E-state index is 0.0140. The van der Waals surface area contributed by atoms with E-state index in [2.05, 4.69) is 67.0 Å². The van der Waals surface area contributed by atoms with Crippen LogP contribution in [0.4, 0.5) is 0 Å². The number of aryl methyl sites for hydroxylation is 5. The van der Waals surface area contributed by atoms with E-state index in [0.717, 1.165) is 103 Å². The molecule has 6 heterocycles. The van der Waals surface area contributed by atoms with Crippen LogP contribution >= 0.6 is 49.9 Å². The molecular weight excluding hydrogens is 917 g/mol. The SMILES string of the molecule is CCCc1ccccc1C(O)c1cc(C2OCCO2)sc1C.CCCc1ccccc1C=O.Cc1sc(C2OCCO2)cc1Br.Cc1sc(C=O)cc1C1OCCc2ccccc21. The highest BCUT2D eigenvalue weighted by Gasteiger charge is 2.26. The molecule has 0 spiro atoms. The molecule has 0 saturated carbocycles. The Morgan fingerprint density at radius 2 is 1.22 bits per heavy atom. The Balaban J connectivity index is 0.000000145. The molecule has 2 atom stereocenters. The molecular formula is C51H57BrO8S3. The van der Waals surface area contributed by atoms with Gasteiger partial charge in [-0.1, -0.05) is 99.5 Å². The van der Waals surface area contributed by atoms with E-state index in [4.69, 9.17) is 23.7 Å². The van der Waals surface area contributed by atoms with E-state index in [1.807, 2.05) is 74.5 Å². The second-order valence-electron chi connectivity index (χ2n) is 15.3. The number of rotatable bonds is 11. The molecule has 3 aliphatic rings. The molecule has 63 heavy (non-hydrogen) atoms. The van der Waals surface area contributed by atoms with Crippen LogP contribution in [0.5, 0.6) is 0 Å². The molecule has 2 unspecified atom stereocenters. The Hall–Kier alpha value is -3.66. The van der Waals surface area contributed by atoms with E-state index < -0.39 is 6.10 Å². The highest BCUT2D eigenvalue weighted by atomic mass is 79.9. The van der Waals surface area contributed by atoms with E-state index in [0.29, 0.717) is 26.4 Å². The fourth-order valence-corrected chi connectivity index (χ4v) is 11.1. The number of aldehydes is 2. The van der Waals surface area contributed by atoms with Crippen molar-refractivity contribution in [2.24, 2.45) is 0 Å². The first-order valence-corrected chi connectivity index (χ1v) is 24.8. The zero-order chi connectivity index (χ0) is 44.7. The van der Waals surface area contributed by atoms with Crippen molar-refractivity contribution in [3.05, 3.63) is 169 Å². The van der Waals surface area contributed by atoms with Gasteiger partial charge in [-0.3, -0.25) is 9.59 Å². The van der Waals surface area contributed by atoms with Crippen LogP contribution in [0.3, 0.4) is 0 Å². The van der Waals surface area contributed by atoms with E-state index >= 15 is 0 Å². The number of fused-ring (bicyclic) bond motifs is 1. The highest BCUT2D eigenvalue weighted by molar-refractivity contribution is 9.10. The molecule has 3 aromatic carbocycles. The smallest absolute Gasteiger partial charge is 0.193 e. The summed E-state index contributed by atoms with van der Waals surface area (Å²) < 4.78 is 28.9. The van der Waals surface area contributed by atoms with E-state index in [-0.39, 0.29) is 18.7 Å². The van der Waals surface area contributed by atoms with Gasteiger partial charge >= 0.3 is 0 Å². The van der Waals surface area contributed by atoms with E-state index in [9.17, 15) is 14.7 Å². The zero-order valence-corrected chi connectivity index (χ0v) is 40.6. The molecule has 2 saturated heterocycles. The quantitative estimate of drug-likeness (QED) is 0.128. The van der Waals surface area contributed by atoms with Crippen LogP contribution in [0.2, 0.25) is 0 Å². The number of aliphatic hydroxyl groups excluding tert-OH is 1. The summed E-state index contributed by atoms with van der Waals surface area (Å²) in [4.78, 5) is 27.9. The first kappa shape index (κ1) is 48.8. The average Bonchev–Trinajstić information content (AvgIpc) is 4.18. The summed E-state index contributed by atoms with van der Waals surface area (Å²) in [7, 11) is 0. The van der Waals surface area contributed by atoms with Crippen LogP contribution in [0.1, 0.15) is 135 Å². The molecule has 0 radical (unpaired) electrons. The summed E-state index contributed by atoms with van der Waals surface area (Å²) in [6, 6.07) is 30.3. The topological polar surface area (TPSA) is 101 Å². The minimum Gasteiger partial charge on any atom is -0.384 e. The van der Waals surface area contributed by atoms with Gasteiger partial charge < -0.3 is 28.8 Å². The second-order valence-corrected chi connectivity index (χ2v) is 20.0. The molecule has 3 aromatic heterocycles. The summed E-state index contributed by atoms with van der Waals surface area (Å²) in [5, 5.41) is 10.9. The Bertz CT molecular complexity index is 2350. The van der Waals surface area contributed by atoms with Gasteiger partial charge in [-0.2, -0.15) is 0 Å². The lowest BCUT2D eigenvalue weighted by atomic mass is 9.93. The van der Waals surface area contributed by atoms with Gasteiger partial charge in [-0.05, 0) is 113 Å². The fourth-order valence-electron chi connectivity index (χ4n) is 7.65. The second kappa shape index (κ2) is 24.6. The Morgan fingerprint density at radius 1 is 0.635 bits per heavy atom. The number of aliphatic hydroxyl groups is 1. The number of benzene rings is 3. The maximum atomic E-state index is 10.9. The van der Waals surface area contributed by atoms with Gasteiger partial charge in [-0.25, -0.2) is 0 Å². The molecule has 0 bridgehead atoms. The lowest BCUT2D eigenvalue weighted by molar-refractivity contribution is -0.0415. The Morgan fingerprint density at radius 3 is 1.84 bits per heavy atom. The van der Waals surface area contributed by atoms with Crippen LogP contribution in [0.15, 0.2) is 95.5 Å². The molecule has 12 heteroatoms. The van der Waals surface area contributed by atoms with Crippen molar-refractivity contribution in [2.75, 3.05) is 33.0 Å². The average molecular weight is 974 g/mol. The van der Waals surface area contributed by atoms with Crippen LogP contribution in [-0.2, 0) is 42.9 Å². The maximum Gasteiger partial charge on any atom is 0.193 e. The van der Waals surface area contributed by atoms with Crippen LogP contribution in [-0.4, -0.2) is 50.7 Å². The monoisotopic (exact) mass is 972 g/mol. The van der Waals surface area contributed by atoms with Crippen molar-refractivity contribution in [2.45, 2.75) is 91.5 Å². The molecule has 3 aliphatic heterocycles. The fraction of sp³-hybridized carbons (Fsp3) is 0.373. The normalized spacial score (nSPS) is 16.5. The summed E-state index contributed by atoms with van der Waals surface area (Å²) in [6.07, 6.45) is 5.95. The van der Waals surface area contributed by atoms with E-state index in [1.165, 1.54) is 37.8 Å². The van der Waals surface area contributed by atoms with Crippen molar-refractivity contribution in [3.63, 3.8) is 0 Å². The molecule has 334 valence electrons. The molecule has 2 fully saturated rings. The van der Waals surface area contributed by atoms with Gasteiger partial charge in [0, 0.05) is 24.7 Å². The van der Waals surface area contributed by atoms with Gasteiger partial charge in [0.25, 0.3) is 0 Å². The van der Waals surface area contributed by atoms with Crippen molar-refractivity contribution in [1.82, 2.24) is 0 Å². The van der Waals surface area contributed by atoms with Crippen molar-refractivity contribution in [1.29, 1.82) is 0 Å². The van der Waals surface area contributed by atoms with Crippen LogP contribution in [0, 0.1) is 20.8 Å². The first-order chi connectivity index (χ1) is 30.6. The number of hydrogen-bond acceptors (Lipinski definition) is 11. The molecule has 6 aromatic rings. The van der Waals surface area contributed by atoms with E-state index in [1.54, 1.807) is 22.7 Å². The number of hydrogen-bond donors (Lipinski definition) is 1. The number of thiophene rings is 3. The van der Waals surface area contributed by atoms with Crippen molar-refractivity contribution in [3.8, 4) is 0 Å². The molecule has 8 nitrogen and oxygen atoms in total. The third-order valence-corrected chi connectivity index (χ3v) is 15.0. The number of carbonyl (C=O) groups is 2. The Kier molecular flexibility index (Phi) is 19.0. The summed E-state index contributed by atoms with van der Waals surface area (Å²) in [6.45, 7) is 13.9. The Labute approximate surface area is 392 Å². The largest absolute Gasteiger partial charge is 0.384 e. The number of halogens is 1. The third-order valence-electron chi connectivity index (χ3n) is 10.8. The predicted molar refractivity (Wildman–Crippen MR) is 258 cm³/mol. The van der Waals surface area contributed by atoms with Gasteiger partial charge in [0.05, 0.1) is 47.7 Å². The predicted octanol–water partition coefficient (Wildman–Crippen LogP) is 13.0. The molecule has 0 aliphatic carbocycles. The summed E-state index contributed by atoms with van der Waals surface area (Å²) in [5.74, 6) is 0. The maximum absolute atomic E-state index is 10.9. The lowest BCUT2D eigenvalue weighted by Gasteiger charge is -2.26. The van der Waals surface area contributed by atoms with Crippen LogP contribution in [0.25, 0.3) is 0 Å². The van der Waals surface area contributed by atoms with Crippen LogP contribution < -0.4 is 0 Å². The molecule has 1 N–H and O–H groups in total. The van der Waals surface area contributed by atoms with Gasteiger partial charge in [0.15, 0.2) is 18.9 Å². The standard InChI is InChI=1S/C18H22O3S.C15H14O2S.C10H12O.C8H9BrO2S/c1-3-6-13-7-4-5-8-14(13)17(19)15-11-16(22-12(15)2)18-20-9-10-21-18;1-10-14(8-12(9-16)18-10)15-13-5-3-2-4-11(13)6-7-17-15;1-2-5-9-6-3-4-7-10(9)8-11;1-5-6(9)4-7(12-5)8-10-2-3-11-8/h4-5,7-8,11,17-19H,3,6,9-10H2,1-2H3;2-5,8-9,15H,6-7H2,1H3;3-4,6-8H,2,5H2,1H3;4,8H,2-3H2,1H3. The number of ether oxygens (including phenoxy) is 5. The van der Waals surface area contributed by atoms with Crippen molar-refractivity contribution >= 4 is 62.5 Å². The minimum atomic E-state index is -0.589. The lowest BCUT2D eigenvalue weighted by Crippen LogP contribution is -2.17. The summed E-state index contributed by atoms with van der Waals surface area (Å²) >= 11 is 8.36. The van der Waals surface area contributed by atoms with Crippen molar-refractivity contribution < 1.29 is 38.4 Å². The van der Waals surface area contributed by atoms with Gasteiger partial charge in [0.1, 0.15) is 18.5 Å². The summed E-state index contributed by atoms with van der Waals surface area (Å²) in [5.41, 5.74) is 8.90. The third kappa shape index (κ3) is 13.0.